The second-order valence-electron chi connectivity index (χ2n) is 4.40. The van der Waals surface area contributed by atoms with Crippen LogP contribution in [-0.4, -0.2) is 30.0 Å². The Morgan fingerprint density at radius 1 is 0.850 bits per heavy atom. The Morgan fingerprint density at radius 2 is 1.25 bits per heavy atom. The molecule has 1 unspecified atom stereocenters. The molecular formula is C12H10Cl5LiOP. The monoisotopic (exact) mass is 383 g/mol. The van der Waals surface area contributed by atoms with Crippen molar-refractivity contribution in [3.05, 3.63) is 30.7 Å². The maximum atomic E-state index is 12.3. The molecule has 1 nitrogen and oxygen atoms in total. The fourth-order valence-electron chi connectivity index (χ4n) is 2.13. The van der Waals surface area contributed by atoms with Gasteiger partial charge in [0.15, 0.2) is 5.52 Å². The van der Waals surface area contributed by atoms with E-state index in [1.807, 2.05) is 0 Å². The van der Waals surface area contributed by atoms with Crippen LogP contribution in [0.15, 0.2) is 0 Å². The fraction of sp³-hybridized carbons (Fsp3) is 0.417. The van der Waals surface area contributed by atoms with Crippen LogP contribution in [0.4, 0.5) is 0 Å². The van der Waals surface area contributed by atoms with Crippen molar-refractivity contribution in [1.82, 2.24) is 0 Å². The summed E-state index contributed by atoms with van der Waals surface area (Å²) in [5.41, 5.74) is 0.531. The average molecular weight is 385 g/mol. The first-order valence-corrected chi connectivity index (χ1v) is 8.72. The average Bonchev–Trinajstić information content (AvgIpc) is 2.87. The van der Waals surface area contributed by atoms with Crippen molar-refractivity contribution < 1.29 is 4.79 Å². The van der Waals surface area contributed by atoms with E-state index in [0.717, 1.165) is 12.8 Å². The molecule has 1 fully saturated rings. The summed E-state index contributed by atoms with van der Waals surface area (Å²) in [5, 5.41) is 0.432. The van der Waals surface area contributed by atoms with Gasteiger partial charge in [-0.2, -0.15) is 0 Å². The maximum absolute atomic E-state index is 12.3. The van der Waals surface area contributed by atoms with Gasteiger partial charge in [0.1, 0.15) is 0 Å². The summed E-state index contributed by atoms with van der Waals surface area (Å²) in [7, 11) is 0.151. The van der Waals surface area contributed by atoms with Gasteiger partial charge in [0.05, 0.1) is 30.7 Å². The summed E-state index contributed by atoms with van der Waals surface area (Å²) in [4.78, 5) is 12.3. The van der Waals surface area contributed by atoms with E-state index >= 15 is 0 Å². The number of carbonyl (C=O) groups is 1. The number of benzene rings is 1. The fourth-order valence-corrected chi connectivity index (χ4v) is 5.06. The molecule has 0 heterocycles. The van der Waals surface area contributed by atoms with Crippen molar-refractivity contribution in [1.29, 1.82) is 0 Å². The molecule has 105 valence electrons. The minimum atomic E-state index is -0.0950. The van der Waals surface area contributed by atoms with Crippen molar-refractivity contribution in [3.8, 4) is 0 Å². The smallest absolute Gasteiger partial charge is 0.184 e. The Bertz CT molecular complexity index is 502. The van der Waals surface area contributed by atoms with Crippen LogP contribution in [-0.2, 0) is 0 Å². The van der Waals surface area contributed by atoms with Gasteiger partial charge < -0.3 is 0 Å². The molecule has 0 spiro atoms. The van der Waals surface area contributed by atoms with Crippen LogP contribution < -0.4 is 0 Å². The van der Waals surface area contributed by atoms with Gasteiger partial charge in [-0.1, -0.05) is 70.8 Å². The standard InChI is InChI=1S/C12H10Cl5OP.Li/c13-7-6(8(14)10(16)11(17)9(7)15)12(18)19-5-3-1-2-4-5;/h5,19H,1-4H2;. The normalized spacial score (nSPS) is 15.8. The summed E-state index contributed by atoms with van der Waals surface area (Å²) in [5.74, 6) is 0. The van der Waals surface area contributed by atoms with Crippen LogP contribution >= 0.6 is 66.6 Å². The van der Waals surface area contributed by atoms with Gasteiger partial charge in [0, 0.05) is 18.9 Å². The van der Waals surface area contributed by atoms with Crippen molar-refractivity contribution in [2.75, 3.05) is 0 Å². The van der Waals surface area contributed by atoms with Crippen LogP contribution in [0.3, 0.4) is 0 Å². The Morgan fingerprint density at radius 3 is 1.70 bits per heavy atom. The van der Waals surface area contributed by atoms with E-state index in [9.17, 15) is 4.79 Å². The molecule has 0 saturated heterocycles. The Balaban J connectivity index is 0.00000200. The summed E-state index contributed by atoms with van der Waals surface area (Å²) in [6.07, 6.45) is 4.51. The van der Waals surface area contributed by atoms with Crippen LogP contribution in [0, 0.1) is 0 Å². The van der Waals surface area contributed by atoms with E-state index in [4.69, 9.17) is 58.0 Å². The molecule has 0 N–H and O–H groups in total. The first-order chi connectivity index (χ1) is 8.93. The van der Waals surface area contributed by atoms with Crippen LogP contribution in [0.25, 0.3) is 0 Å². The van der Waals surface area contributed by atoms with Crippen molar-refractivity contribution in [2.45, 2.75) is 31.3 Å². The van der Waals surface area contributed by atoms with Gasteiger partial charge in [-0.05, 0) is 27.1 Å². The number of carbonyl (C=O) groups excluding carboxylic acids is 1. The first-order valence-electron chi connectivity index (χ1n) is 5.75. The second kappa shape index (κ2) is 8.28. The van der Waals surface area contributed by atoms with Gasteiger partial charge in [0.25, 0.3) is 0 Å². The molecule has 0 bridgehead atoms. The number of hydrogen-bond donors (Lipinski definition) is 0. The predicted octanol–water partition coefficient (Wildman–Crippen LogP) is 6.33. The zero-order chi connectivity index (χ0) is 14.2. The second-order valence-corrected chi connectivity index (χ2v) is 7.85. The third-order valence-corrected chi connectivity index (χ3v) is 6.90. The molecule has 8 heteroatoms. The van der Waals surface area contributed by atoms with E-state index in [-0.39, 0.29) is 63.6 Å². The maximum Gasteiger partial charge on any atom is 0.184 e. The van der Waals surface area contributed by atoms with E-state index in [1.165, 1.54) is 12.8 Å². The van der Waals surface area contributed by atoms with Gasteiger partial charge in [-0.3, -0.25) is 4.79 Å². The third kappa shape index (κ3) is 4.01. The molecule has 1 aliphatic carbocycles. The Hall–Kier alpha value is 1.37. The summed E-state index contributed by atoms with van der Waals surface area (Å²) < 4.78 is 0. The molecule has 1 aromatic carbocycles. The molecule has 0 amide bonds. The zero-order valence-corrected chi connectivity index (χ0v) is 15.5. The van der Waals surface area contributed by atoms with E-state index in [2.05, 4.69) is 0 Å². The van der Waals surface area contributed by atoms with Gasteiger partial charge in [0.2, 0.25) is 0 Å². The molecule has 0 aromatic heterocycles. The van der Waals surface area contributed by atoms with Crippen LogP contribution in [0.2, 0.25) is 25.1 Å². The number of rotatable bonds is 3. The summed E-state index contributed by atoms with van der Waals surface area (Å²) >= 11 is 30.0. The number of hydrogen-bond acceptors (Lipinski definition) is 1. The topological polar surface area (TPSA) is 17.1 Å². The largest absolute Gasteiger partial charge is 0.289 e. The molecular weight excluding hydrogens is 375 g/mol. The summed E-state index contributed by atoms with van der Waals surface area (Å²) in [6, 6.07) is 0. The molecule has 1 atom stereocenters. The minimum absolute atomic E-state index is 0. The van der Waals surface area contributed by atoms with Crippen molar-refractivity contribution in [2.24, 2.45) is 0 Å². The van der Waals surface area contributed by atoms with E-state index in [1.54, 1.807) is 0 Å². The molecule has 20 heavy (non-hydrogen) atoms. The third-order valence-electron chi connectivity index (χ3n) is 3.13. The quantitative estimate of drug-likeness (QED) is 0.257. The van der Waals surface area contributed by atoms with Crippen molar-refractivity contribution >= 4 is 91.0 Å². The van der Waals surface area contributed by atoms with Crippen molar-refractivity contribution in [3.63, 3.8) is 0 Å². The SMILES string of the molecule is O=C(PC1CCCC1)c1c(Cl)c(Cl)c(Cl)c(Cl)c1Cl.[Li]. The van der Waals surface area contributed by atoms with E-state index in [0.29, 0.717) is 5.66 Å². The predicted molar refractivity (Wildman–Crippen MR) is 92.1 cm³/mol. The molecule has 0 aliphatic heterocycles. The van der Waals surface area contributed by atoms with Gasteiger partial charge in [-0.15, -0.1) is 0 Å². The Kier molecular flexibility index (Phi) is 8.04. The molecule has 1 radical (unpaired) electrons. The molecule has 1 saturated carbocycles. The Labute approximate surface area is 157 Å². The number of halogens is 5. The van der Waals surface area contributed by atoms with E-state index < -0.39 is 0 Å². The molecule has 1 aliphatic rings. The zero-order valence-electron chi connectivity index (χ0n) is 10.7. The van der Waals surface area contributed by atoms with Gasteiger partial charge >= 0.3 is 0 Å². The van der Waals surface area contributed by atoms with Crippen LogP contribution in [0.5, 0.6) is 0 Å². The van der Waals surface area contributed by atoms with Crippen LogP contribution in [0.1, 0.15) is 36.0 Å². The van der Waals surface area contributed by atoms with Gasteiger partial charge in [-0.25, -0.2) is 0 Å². The minimum Gasteiger partial charge on any atom is -0.289 e. The summed E-state index contributed by atoms with van der Waals surface area (Å²) in [6.45, 7) is 0. The molecule has 1 aromatic rings. The molecule has 2 rings (SSSR count). The first kappa shape index (κ1) is 19.4.